The molecule has 1 fully saturated rings. The molecule has 1 aliphatic heterocycles. The molecule has 1 rings (SSSR count). The summed E-state index contributed by atoms with van der Waals surface area (Å²) >= 11 is 10.1. The van der Waals surface area contributed by atoms with Crippen LogP contribution < -0.4 is 0 Å². The van der Waals surface area contributed by atoms with E-state index < -0.39 is 27.4 Å². The fourth-order valence-electron chi connectivity index (χ4n) is 2.14. The summed E-state index contributed by atoms with van der Waals surface area (Å²) in [4.78, 5) is 11.3. The Bertz CT molecular complexity index is 378. The van der Waals surface area contributed by atoms with Gasteiger partial charge in [-0.3, -0.25) is 4.79 Å². The van der Waals surface area contributed by atoms with Crippen molar-refractivity contribution in [3.05, 3.63) is 0 Å². The third-order valence-corrected chi connectivity index (χ3v) is 10.6. The van der Waals surface area contributed by atoms with Gasteiger partial charge in [-0.2, -0.15) is 0 Å². The third kappa shape index (κ3) is 1.87. The van der Waals surface area contributed by atoms with E-state index in [0.717, 1.165) is 4.31 Å². The fourth-order valence-corrected chi connectivity index (χ4v) is 9.22. The van der Waals surface area contributed by atoms with Crippen LogP contribution in [0.4, 0.5) is 0 Å². The number of carbonyl (C=O) groups is 1. The molecule has 0 aliphatic carbocycles. The zero-order valence-electron chi connectivity index (χ0n) is 9.45. The Hall–Kier alpha value is 0.620. The Morgan fingerprint density at radius 2 is 1.82 bits per heavy atom. The van der Waals surface area contributed by atoms with Gasteiger partial charge >= 0.3 is 0 Å². The van der Waals surface area contributed by atoms with Gasteiger partial charge in [-0.1, -0.05) is 37.5 Å². The second-order valence-electron chi connectivity index (χ2n) is 3.63. The lowest BCUT2D eigenvalue weighted by molar-refractivity contribution is -0.128. The Labute approximate surface area is 116 Å². The van der Waals surface area contributed by atoms with Crippen molar-refractivity contribution < 1.29 is 14.1 Å². The van der Waals surface area contributed by atoms with Crippen molar-refractivity contribution in [3.63, 3.8) is 0 Å². The molecular weight excluding hydrogens is 316 g/mol. The molecule has 1 amide bonds. The minimum absolute atomic E-state index is 0.379. The van der Waals surface area contributed by atoms with Crippen molar-refractivity contribution in [1.29, 1.82) is 0 Å². The van der Waals surface area contributed by atoms with Gasteiger partial charge in [-0.15, -0.1) is 0 Å². The monoisotopic (exact) mass is 329 g/mol. The smallest absolute Gasteiger partial charge is 0.262 e. The molecule has 4 nitrogen and oxygen atoms in total. The van der Waals surface area contributed by atoms with Crippen LogP contribution in [0.1, 0.15) is 26.7 Å². The summed E-state index contributed by atoms with van der Waals surface area (Å²) in [5, 5.41) is 9.19. The van der Waals surface area contributed by atoms with Crippen LogP contribution in [-0.2, 0) is 39.4 Å². The van der Waals surface area contributed by atoms with E-state index in [9.17, 15) is 14.1 Å². The van der Waals surface area contributed by atoms with Crippen LogP contribution >= 0.6 is 14.7 Å². The highest BCUT2D eigenvalue weighted by Gasteiger charge is 2.66. The summed E-state index contributed by atoms with van der Waals surface area (Å²) in [5.41, 5.74) is 0. The molecule has 0 aromatic heterocycles. The van der Waals surface area contributed by atoms with Crippen molar-refractivity contribution in [1.82, 2.24) is 4.31 Å². The quantitative estimate of drug-likeness (QED) is 0.775. The lowest BCUT2D eigenvalue weighted by atomic mass is 9.96. The Balaban J connectivity index is 3.53. The number of rotatable bonds is 5. The number of hydrogen-bond donors (Lipinski definition) is 1. The van der Waals surface area contributed by atoms with Gasteiger partial charge in [0.05, 0.1) is 4.75 Å². The van der Waals surface area contributed by atoms with Crippen molar-refractivity contribution in [2.24, 2.45) is 0 Å². The molecule has 1 saturated heterocycles. The summed E-state index contributed by atoms with van der Waals surface area (Å²) < 4.78 is 12.7. The predicted molar refractivity (Wildman–Crippen MR) is 76.7 cm³/mol. The van der Waals surface area contributed by atoms with Crippen LogP contribution in [-0.4, -0.2) is 35.9 Å². The highest BCUT2D eigenvalue weighted by molar-refractivity contribution is 8.07. The number of hydrogen-bond acceptors (Lipinski definition) is 5. The van der Waals surface area contributed by atoms with Crippen LogP contribution in [0.15, 0.2) is 0 Å². The Morgan fingerprint density at radius 3 is 2.06 bits per heavy atom. The van der Waals surface area contributed by atoms with Crippen LogP contribution in [0, 0.1) is 0 Å². The molecule has 0 radical (unpaired) electrons. The van der Waals surface area contributed by atoms with Crippen molar-refractivity contribution in [2.45, 2.75) is 36.3 Å². The molecule has 0 aromatic rings. The summed E-state index contributed by atoms with van der Waals surface area (Å²) in [6.45, 7) is 3.21. The highest BCUT2D eigenvalue weighted by atomic mass is 32.4. The molecule has 0 spiro atoms. The van der Waals surface area contributed by atoms with Gasteiger partial charge in [0.1, 0.15) is 17.7 Å². The molecule has 96 valence electrons. The second kappa shape index (κ2) is 5.72. The largest absolute Gasteiger partial charge is 0.375 e. The van der Waals surface area contributed by atoms with E-state index in [4.69, 9.17) is 23.6 Å². The minimum atomic E-state index is -1.57. The molecule has 1 unspecified atom stereocenters. The topological polar surface area (TPSA) is 57.6 Å². The molecule has 1 atom stereocenters. The lowest BCUT2D eigenvalue weighted by Gasteiger charge is -2.33. The first-order valence-electron chi connectivity index (χ1n) is 5.05. The maximum atomic E-state index is 12.4. The molecule has 1 N–H and O–H groups in total. The summed E-state index contributed by atoms with van der Waals surface area (Å²) in [6.07, 6.45) is 1.09. The molecule has 1 heterocycles. The SMILES string of the molecule is CCC1(CC)S(=O)N(CO)C(=O)C1(P=S)P=S. The third-order valence-electron chi connectivity index (χ3n) is 3.23. The first-order valence-corrected chi connectivity index (χ1v) is 9.97. The number of nitrogens with zero attached hydrogens (tertiary/aromatic N) is 1. The lowest BCUT2D eigenvalue weighted by Crippen LogP contribution is -2.46. The number of aliphatic hydroxyl groups is 1. The average Bonchev–Trinajstić information content (AvgIpc) is 2.54. The predicted octanol–water partition coefficient (Wildman–Crippen LogP) is 1.51. The highest BCUT2D eigenvalue weighted by Crippen LogP contribution is 2.57. The van der Waals surface area contributed by atoms with Crippen LogP contribution in [0.5, 0.6) is 0 Å². The van der Waals surface area contributed by atoms with Crippen LogP contribution in [0.2, 0.25) is 0 Å². The summed E-state index contributed by atoms with van der Waals surface area (Å²) in [7, 11) is -0.758. The first-order chi connectivity index (χ1) is 8.01. The van der Waals surface area contributed by atoms with Gasteiger partial charge in [0.2, 0.25) is 0 Å². The van der Waals surface area contributed by atoms with Crippen LogP contribution in [0.3, 0.4) is 0 Å². The minimum Gasteiger partial charge on any atom is -0.375 e. The zero-order chi connectivity index (χ0) is 13.3. The number of aliphatic hydroxyl groups excluding tert-OH is 1. The number of carbonyl (C=O) groups excluding carboxylic acids is 1. The fraction of sp³-hybridized carbons (Fsp3) is 0.875. The van der Waals surface area contributed by atoms with E-state index in [1.165, 1.54) is 0 Å². The molecule has 0 saturated carbocycles. The normalized spacial score (nSPS) is 32.5. The van der Waals surface area contributed by atoms with Crippen molar-refractivity contribution in [2.75, 3.05) is 6.73 Å². The van der Waals surface area contributed by atoms with Gasteiger partial charge in [0, 0.05) is 14.7 Å². The van der Waals surface area contributed by atoms with Crippen LogP contribution in [0.25, 0.3) is 0 Å². The van der Waals surface area contributed by atoms with E-state index >= 15 is 0 Å². The Morgan fingerprint density at radius 1 is 1.35 bits per heavy atom. The van der Waals surface area contributed by atoms with Gasteiger partial charge < -0.3 is 5.11 Å². The molecule has 17 heavy (non-hydrogen) atoms. The molecule has 0 aromatic carbocycles. The van der Waals surface area contributed by atoms with E-state index in [2.05, 4.69) is 0 Å². The standard InChI is InChI=1S/C8H13NO3P2S3/c1-3-7(4-2)8(13-15,14-16)6(11)9(5-10)17(7)12/h10H,3-5H2,1-2H3. The molecule has 0 bridgehead atoms. The van der Waals surface area contributed by atoms with Gasteiger partial charge in [-0.05, 0) is 12.8 Å². The zero-order valence-corrected chi connectivity index (χ0v) is 13.7. The summed E-state index contributed by atoms with van der Waals surface area (Å²) in [5.74, 6) is -0.379. The average molecular weight is 329 g/mol. The van der Waals surface area contributed by atoms with Gasteiger partial charge in [0.25, 0.3) is 5.91 Å². The number of amides is 1. The first kappa shape index (κ1) is 15.7. The maximum Gasteiger partial charge on any atom is 0.262 e. The van der Waals surface area contributed by atoms with E-state index in [1.807, 2.05) is 13.8 Å². The van der Waals surface area contributed by atoms with E-state index in [-0.39, 0.29) is 5.91 Å². The maximum absolute atomic E-state index is 12.4. The van der Waals surface area contributed by atoms with Gasteiger partial charge in [-0.25, -0.2) is 8.51 Å². The van der Waals surface area contributed by atoms with Gasteiger partial charge in [0.15, 0.2) is 4.90 Å². The Kier molecular flexibility index (Phi) is 5.28. The van der Waals surface area contributed by atoms with Crippen molar-refractivity contribution >= 4 is 55.2 Å². The van der Waals surface area contributed by atoms with E-state index in [1.54, 1.807) is 0 Å². The second-order valence-corrected chi connectivity index (χ2v) is 8.51. The molecule has 9 heteroatoms. The molecular formula is C8H13NO3P2S3. The summed E-state index contributed by atoms with van der Waals surface area (Å²) in [6, 6.07) is 0. The van der Waals surface area contributed by atoms with E-state index in [0.29, 0.717) is 27.6 Å². The molecule has 1 aliphatic rings. The van der Waals surface area contributed by atoms with Crippen molar-refractivity contribution in [3.8, 4) is 0 Å².